The molecule has 132 valence electrons. The zero-order valence-corrected chi connectivity index (χ0v) is 15.3. The van der Waals surface area contributed by atoms with Crippen LogP contribution in [0.5, 0.6) is 5.75 Å². The van der Waals surface area contributed by atoms with E-state index in [4.69, 9.17) is 9.47 Å². The Morgan fingerprint density at radius 2 is 1.80 bits per heavy atom. The van der Waals surface area contributed by atoms with E-state index in [1.165, 1.54) is 14.2 Å². The molecule has 0 saturated carbocycles. The lowest BCUT2D eigenvalue weighted by Crippen LogP contribution is -2.45. The number of aliphatic hydroxyl groups excluding tert-OH is 1. The summed E-state index contributed by atoms with van der Waals surface area (Å²) in [6.07, 6.45) is -1.27. The van der Waals surface area contributed by atoms with E-state index in [9.17, 15) is 14.7 Å². The third kappa shape index (κ3) is 4.80. The Labute approximate surface area is 153 Å². The van der Waals surface area contributed by atoms with Gasteiger partial charge in [0.2, 0.25) is 0 Å². The van der Waals surface area contributed by atoms with E-state index < -0.39 is 24.0 Å². The largest absolute Gasteiger partial charge is 0.497 e. The van der Waals surface area contributed by atoms with E-state index in [-0.39, 0.29) is 0 Å². The van der Waals surface area contributed by atoms with Crippen molar-refractivity contribution in [2.45, 2.75) is 12.1 Å². The highest BCUT2D eigenvalue weighted by Crippen LogP contribution is 2.21. The standard InChI is InChI=1S/C18H18BrNO5/c1-24-14-8-6-11(7-9-14)16(21)15(18(23)25-2)20-17(22)12-4-3-5-13(19)10-12/h3-10,15-16,21H,1-2H3,(H,20,22). The Morgan fingerprint density at radius 1 is 1.12 bits per heavy atom. The second-order valence-corrected chi connectivity index (χ2v) is 6.12. The molecule has 2 N–H and O–H groups in total. The molecule has 0 radical (unpaired) electrons. The second-order valence-electron chi connectivity index (χ2n) is 5.20. The van der Waals surface area contributed by atoms with Crippen LogP contribution in [0.3, 0.4) is 0 Å². The maximum Gasteiger partial charge on any atom is 0.331 e. The van der Waals surface area contributed by atoms with Crippen LogP contribution >= 0.6 is 15.9 Å². The van der Waals surface area contributed by atoms with Crippen LogP contribution < -0.4 is 10.1 Å². The molecule has 2 atom stereocenters. The molecule has 0 aromatic heterocycles. The second kappa shape index (κ2) is 8.64. The SMILES string of the molecule is COC(=O)C(NC(=O)c1cccc(Br)c1)C(O)c1ccc(OC)cc1. The van der Waals surface area contributed by atoms with Gasteiger partial charge in [0, 0.05) is 10.0 Å². The molecule has 2 rings (SSSR count). The number of aliphatic hydroxyl groups is 1. The zero-order valence-electron chi connectivity index (χ0n) is 13.7. The van der Waals surface area contributed by atoms with Gasteiger partial charge in [-0.05, 0) is 35.9 Å². The van der Waals surface area contributed by atoms with Crippen LogP contribution in [0.1, 0.15) is 22.0 Å². The topological polar surface area (TPSA) is 84.9 Å². The first-order chi connectivity index (χ1) is 12.0. The Bertz CT molecular complexity index is 747. The van der Waals surface area contributed by atoms with Crippen molar-refractivity contribution in [2.24, 2.45) is 0 Å². The van der Waals surface area contributed by atoms with Gasteiger partial charge in [-0.25, -0.2) is 4.79 Å². The summed E-state index contributed by atoms with van der Waals surface area (Å²) in [5.41, 5.74) is 0.802. The van der Waals surface area contributed by atoms with E-state index in [0.717, 1.165) is 4.47 Å². The number of hydrogen-bond donors (Lipinski definition) is 2. The van der Waals surface area contributed by atoms with E-state index in [1.54, 1.807) is 48.5 Å². The van der Waals surface area contributed by atoms with Gasteiger partial charge in [-0.1, -0.05) is 34.1 Å². The number of ether oxygens (including phenoxy) is 2. The first-order valence-corrected chi connectivity index (χ1v) is 8.22. The van der Waals surface area contributed by atoms with E-state index >= 15 is 0 Å². The van der Waals surface area contributed by atoms with Crippen LogP contribution in [-0.2, 0) is 9.53 Å². The number of nitrogens with one attached hydrogen (secondary N) is 1. The summed E-state index contributed by atoms with van der Waals surface area (Å²) in [5.74, 6) is -0.625. The summed E-state index contributed by atoms with van der Waals surface area (Å²) in [6, 6.07) is 12.0. The van der Waals surface area contributed by atoms with Crippen LogP contribution in [0.15, 0.2) is 53.0 Å². The lowest BCUT2D eigenvalue weighted by Gasteiger charge is -2.22. The fourth-order valence-corrected chi connectivity index (χ4v) is 2.64. The molecule has 0 bridgehead atoms. The molecule has 0 aliphatic carbocycles. The molecule has 0 saturated heterocycles. The first-order valence-electron chi connectivity index (χ1n) is 7.42. The average molecular weight is 408 g/mol. The fraction of sp³-hybridized carbons (Fsp3) is 0.222. The molecule has 2 aromatic rings. The summed E-state index contributed by atoms with van der Waals surface area (Å²) < 4.78 is 10.5. The smallest absolute Gasteiger partial charge is 0.331 e. The fourth-order valence-electron chi connectivity index (χ4n) is 2.24. The Balaban J connectivity index is 2.22. The van der Waals surface area contributed by atoms with Crippen molar-refractivity contribution in [3.63, 3.8) is 0 Å². The number of benzene rings is 2. The Kier molecular flexibility index (Phi) is 6.55. The van der Waals surface area contributed by atoms with Crippen molar-refractivity contribution in [3.8, 4) is 5.75 Å². The maximum atomic E-state index is 12.4. The molecule has 2 aromatic carbocycles. The molecule has 0 spiro atoms. The predicted octanol–water partition coefficient (Wildman–Crippen LogP) is 2.46. The highest BCUT2D eigenvalue weighted by atomic mass is 79.9. The highest BCUT2D eigenvalue weighted by Gasteiger charge is 2.31. The van der Waals surface area contributed by atoms with Gasteiger partial charge < -0.3 is 19.9 Å². The lowest BCUT2D eigenvalue weighted by molar-refractivity contribution is -0.146. The third-order valence-corrected chi connectivity index (χ3v) is 4.09. The number of methoxy groups -OCH3 is 2. The van der Waals surface area contributed by atoms with Gasteiger partial charge in [-0.15, -0.1) is 0 Å². The third-order valence-electron chi connectivity index (χ3n) is 3.60. The van der Waals surface area contributed by atoms with Crippen molar-refractivity contribution in [1.29, 1.82) is 0 Å². The molecule has 25 heavy (non-hydrogen) atoms. The molecule has 7 heteroatoms. The van der Waals surface area contributed by atoms with Gasteiger partial charge in [-0.2, -0.15) is 0 Å². The molecule has 0 fully saturated rings. The number of amides is 1. The molecule has 0 heterocycles. The Hall–Kier alpha value is -2.38. The van der Waals surface area contributed by atoms with E-state index in [2.05, 4.69) is 21.2 Å². The minimum Gasteiger partial charge on any atom is -0.497 e. The first kappa shape index (κ1) is 19.0. The average Bonchev–Trinajstić information content (AvgIpc) is 2.64. The van der Waals surface area contributed by atoms with Crippen molar-refractivity contribution in [2.75, 3.05) is 14.2 Å². The van der Waals surface area contributed by atoms with E-state index in [1.807, 2.05) is 0 Å². The van der Waals surface area contributed by atoms with Crippen molar-refractivity contribution in [3.05, 3.63) is 64.1 Å². The normalized spacial score (nSPS) is 12.8. The van der Waals surface area contributed by atoms with Gasteiger partial charge >= 0.3 is 5.97 Å². The number of rotatable bonds is 6. The van der Waals surface area contributed by atoms with Gasteiger partial charge in [0.15, 0.2) is 6.04 Å². The molecule has 0 aliphatic rings. The van der Waals surface area contributed by atoms with Crippen LogP contribution in [0.25, 0.3) is 0 Å². The molecule has 1 amide bonds. The quantitative estimate of drug-likeness (QED) is 0.718. The summed E-state index contributed by atoms with van der Waals surface area (Å²) in [7, 11) is 2.72. The monoisotopic (exact) mass is 407 g/mol. The highest BCUT2D eigenvalue weighted by molar-refractivity contribution is 9.10. The van der Waals surface area contributed by atoms with Crippen LogP contribution in [0.2, 0.25) is 0 Å². The molecule has 2 unspecified atom stereocenters. The zero-order chi connectivity index (χ0) is 18.4. The van der Waals surface area contributed by atoms with Gasteiger partial charge in [0.1, 0.15) is 11.9 Å². The predicted molar refractivity (Wildman–Crippen MR) is 95.4 cm³/mol. The molecular formula is C18H18BrNO5. The number of esters is 1. The Morgan fingerprint density at radius 3 is 2.36 bits per heavy atom. The summed E-state index contributed by atoms with van der Waals surface area (Å²) >= 11 is 3.29. The molecule has 6 nitrogen and oxygen atoms in total. The van der Waals surface area contributed by atoms with Gasteiger partial charge in [0.25, 0.3) is 5.91 Å². The van der Waals surface area contributed by atoms with Crippen LogP contribution in [0, 0.1) is 0 Å². The van der Waals surface area contributed by atoms with Gasteiger partial charge in [-0.3, -0.25) is 4.79 Å². The van der Waals surface area contributed by atoms with Crippen molar-refractivity contribution < 1.29 is 24.2 Å². The number of carbonyl (C=O) groups is 2. The van der Waals surface area contributed by atoms with Crippen molar-refractivity contribution in [1.82, 2.24) is 5.32 Å². The summed E-state index contributed by atoms with van der Waals surface area (Å²) in [4.78, 5) is 24.4. The number of halogens is 1. The number of carbonyl (C=O) groups excluding carboxylic acids is 2. The number of hydrogen-bond acceptors (Lipinski definition) is 5. The van der Waals surface area contributed by atoms with Gasteiger partial charge in [0.05, 0.1) is 14.2 Å². The molecule has 0 aliphatic heterocycles. The minimum absolute atomic E-state index is 0.352. The van der Waals surface area contributed by atoms with E-state index in [0.29, 0.717) is 16.9 Å². The molecular weight excluding hydrogens is 390 g/mol. The summed E-state index contributed by atoms with van der Waals surface area (Å²) in [6.45, 7) is 0. The van der Waals surface area contributed by atoms with Crippen molar-refractivity contribution >= 4 is 27.8 Å². The lowest BCUT2D eigenvalue weighted by atomic mass is 10.0. The van der Waals surface area contributed by atoms with Crippen LogP contribution in [0.4, 0.5) is 0 Å². The summed E-state index contributed by atoms with van der Waals surface area (Å²) in [5, 5.41) is 13.1. The minimum atomic E-state index is -1.27. The maximum absolute atomic E-state index is 12.4. The van der Waals surface area contributed by atoms with Crippen LogP contribution in [-0.4, -0.2) is 37.2 Å².